The molecule has 1 aromatic rings. The monoisotopic (exact) mass is 285 g/mol. The molecule has 0 saturated carbocycles. The third-order valence-corrected chi connectivity index (χ3v) is 3.65. The van der Waals surface area contributed by atoms with Gasteiger partial charge in [0.1, 0.15) is 0 Å². The van der Waals surface area contributed by atoms with E-state index in [1.54, 1.807) is 0 Å². The SMILES string of the molecule is CCCCC=C(C)CC(CCCCC)=Nc1ccccc1. The summed E-state index contributed by atoms with van der Waals surface area (Å²) in [7, 11) is 0. The fraction of sp³-hybridized carbons (Fsp3) is 0.550. The molecule has 0 aliphatic rings. The minimum atomic E-state index is 1.03. The van der Waals surface area contributed by atoms with Gasteiger partial charge in [-0.05, 0) is 38.3 Å². The summed E-state index contributed by atoms with van der Waals surface area (Å²) in [6.45, 7) is 6.75. The standard InChI is InChI=1S/C20H31N/c1-4-6-9-13-18(3)17-20(16-10-7-5-2)21-19-14-11-8-12-15-19/h8,11-15H,4-7,9-10,16-17H2,1-3H3. The lowest BCUT2D eigenvalue weighted by atomic mass is 10.0. The van der Waals surface area contributed by atoms with Gasteiger partial charge in [-0.15, -0.1) is 0 Å². The zero-order valence-corrected chi connectivity index (χ0v) is 14.1. The summed E-state index contributed by atoms with van der Waals surface area (Å²) in [4.78, 5) is 4.87. The van der Waals surface area contributed by atoms with Gasteiger partial charge in [-0.3, -0.25) is 4.99 Å². The maximum absolute atomic E-state index is 4.87. The Morgan fingerprint density at radius 3 is 2.38 bits per heavy atom. The van der Waals surface area contributed by atoms with Crippen LogP contribution in [0, 0.1) is 0 Å². The molecule has 0 aromatic heterocycles. The summed E-state index contributed by atoms with van der Waals surface area (Å²) in [6, 6.07) is 10.4. The highest BCUT2D eigenvalue weighted by Crippen LogP contribution is 2.17. The third-order valence-electron chi connectivity index (χ3n) is 3.65. The van der Waals surface area contributed by atoms with Crippen molar-refractivity contribution in [3.63, 3.8) is 0 Å². The molecule has 0 radical (unpaired) electrons. The lowest BCUT2D eigenvalue weighted by Gasteiger charge is -2.08. The van der Waals surface area contributed by atoms with E-state index >= 15 is 0 Å². The van der Waals surface area contributed by atoms with Gasteiger partial charge >= 0.3 is 0 Å². The summed E-state index contributed by atoms with van der Waals surface area (Å²) in [5, 5.41) is 0. The van der Waals surface area contributed by atoms with Gasteiger partial charge in [0, 0.05) is 12.1 Å². The summed E-state index contributed by atoms with van der Waals surface area (Å²) < 4.78 is 0. The van der Waals surface area contributed by atoms with Gasteiger partial charge in [0.2, 0.25) is 0 Å². The number of para-hydroxylation sites is 1. The van der Waals surface area contributed by atoms with Gasteiger partial charge in [-0.2, -0.15) is 0 Å². The molecule has 0 bridgehead atoms. The predicted octanol–water partition coefficient (Wildman–Crippen LogP) is 6.87. The molecule has 1 heteroatoms. The maximum Gasteiger partial charge on any atom is 0.0629 e. The molecule has 1 aromatic carbocycles. The molecule has 0 atom stereocenters. The van der Waals surface area contributed by atoms with Crippen LogP contribution in [0.3, 0.4) is 0 Å². The number of hydrogen-bond donors (Lipinski definition) is 0. The molecule has 116 valence electrons. The summed E-state index contributed by atoms with van der Waals surface area (Å²) in [5.74, 6) is 0. The van der Waals surface area contributed by atoms with Crippen LogP contribution in [0.4, 0.5) is 5.69 Å². The minimum absolute atomic E-state index is 1.03. The molecule has 0 amide bonds. The van der Waals surface area contributed by atoms with Crippen LogP contribution in [0.25, 0.3) is 0 Å². The Labute approximate surface area is 131 Å². The Kier molecular flexibility index (Phi) is 9.52. The molecule has 21 heavy (non-hydrogen) atoms. The minimum Gasteiger partial charge on any atom is -0.258 e. The summed E-state index contributed by atoms with van der Waals surface area (Å²) >= 11 is 0. The number of nitrogens with zero attached hydrogens (tertiary/aromatic N) is 1. The number of unbranched alkanes of at least 4 members (excludes halogenated alkanes) is 4. The van der Waals surface area contributed by atoms with Crippen LogP contribution < -0.4 is 0 Å². The van der Waals surface area contributed by atoms with E-state index in [4.69, 9.17) is 4.99 Å². The van der Waals surface area contributed by atoms with Crippen molar-refractivity contribution in [2.24, 2.45) is 4.99 Å². The van der Waals surface area contributed by atoms with E-state index in [1.807, 2.05) is 6.07 Å². The molecule has 0 aliphatic heterocycles. The molecule has 0 fully saturated rings. The lowest BCUT2D eigenvalue weighted by Crippen LogP contribution is -1.99. The van der Waals surface area contributed by atoms with Gasteiger partial charge in [0.15, 0.2) is 0 Å². The van der Waals surface area contributed by atoms with Crippen LogP contribution in [0.15, 0.2) is 47.0 Å². The number of rotatable bonds is 10. The molecular weight excluding hydrogens is 254 g/mol. The average Bonchev–Trinajstić information content (AvgIpc) is 2.48. The second kappa shape index (κ2) is 11.3. The quantitative estimate of drug-likeness (QED) is 0.253. The van der Waals surface area contributed by atoms with E-state index in [-0.39, 0.29) is 0 Å². The first-order valence-corrected chi connectivity index (χ1v) is 8.53. The number of allylic oxidation sites excluding steroid dienone is 2. The van der Waals surface area contributed by atoms with Crippen molar-refractivity contribution in [1.29, 1.82) is 0 Å². The Morgan fingerprint density at radius 1 is 1.00 bits per heavy atom. The second-order valence-corrected chi connectivity index (χ2v) is 5.84. The van der Waals surface area contributed by atoms with Crippen LogP contribution in [-0.2, 0) is 0 Å². The molecule has 0 heterocycles. The molecule has 0 aliphatic carbocycles. The zero-order valence-electron chi connectivity index (χ0n) is 14.1. The smallest absolute Gasteiger partial charge is 0.0629 e. The van der Waals surface area contributed by atoms with Gasteiger partial charge < -0.3 is 0 Å². The first-order chi connectivity index (χ1) is 10.3. The van der Waals surface area contributed by atoms with Gasteiger partial charge in [0.25, 0.3) is 0 Å². The molecule has 0 unspecified atom stereocenters. The van der Waals surface area contributed by atoms with E-state index in [9.17, 15) is 0 Å². The second-order valence-electron chi connectivity index (χ2n) is 5.84. The van der Waals surface area contributed by atoms with E-state index in [0.717, 1.165) is 18.5 Å². The third kappa shape index (κ3) is 8.49. The number of benzene rings is 1. The maximum atomic E-state index is 4.87. The number of aliphatic imine (C=N–C) groups is 1. The van der Waals surface area contributed by atoms with Crippen LogP contribution >= 0.6 is 0 Å². The Hall–Kier alpha value is -1.37. The van der Waals surface area contributed by atoms with Gasteiger partial charge in [-0.1, -0.05) is 69.4 Å². The average molecular weight is 285 g/mol. The Morgan fingerprint density at radius 2 is 1.71 bits per heavy atom. The van der Waals surface area contributed by atoms with E-state index in [1.165, 1.54) is 49.8 Å². The topological polar surface area (TPSA) is 12.4 Å². The first kappa shape index (κ1) is 17.7. The largest absolute Gasteiger partial charge is 0.258 e. The van der Waals surface area contributed by atoms with Crippen molar-refractivity contribution >= 4 is 11.4 Å². The van der Waals surface area contributed by atoms with Crippen molar-refractivity contribution < 1.29 is 0 Å². The predicted molar refractivity (Wildman–Crippen MR) is 95.6 cm³/mol. The van der Waals surface area contributed by atoms with E-state index in [2.05, 4.69) is 51.1 Å². The summed E-state index contributed by atoms with van der Waals surface area (Å²) in [5.41, 5.74) is 3.89. The molecule has 0 N–H and O–H groups in total. The van der Waals surface area contributed by atoms with E-state index < -0.39 is 0 Å². The molecule has 0 saturated heterocycles. The fourth-order valence-corrected chi connectivity index (χ4v) is 2.39. The van der Waals surface area contributed by atoms with Crippen molar-refractivity contribution in [2.45, 2.75) is 72.1 Å². The normalized spacial score (nSPS) is 12.7. The highest BCUT2D eigenvalue weighted by Gasteiger charge is 2.02. The Balaban J connectivity index is 2.68. The van der Waals surface area contributed by atoms with Crippen LogP contribution in [0.5, 0.6) is 0 Å². The van der Waals surface area contributed by atoms with Gasteiger partial charge in [0.05, 0.1) is 5.69 Å². The van der Waals surface area contributed by atoms with Crippen LogP contribution in [0.1, 0.15) is 72.1 Å². The number of hydrogen-bond acceptors (Lipinski definition) is 1. The van der Waals surface area contributed by atoms with Gasteiger partial charge in [-0.25, -0.2) is 0 Å². The Bertz CT molecular complexity index is 428. The zero-order chi connectivity index (χ0) is 15.3. The van der Waals surface area contributed by atoms with Crippen molar-refractivity contribution in [2.75, 3.05) is 0 Å². The van der Waals surface area contributed by atoms with Crippen molar-refractivity contribution in [1.82, 2.24) is 0 Å². The first-order valence-electron chi connectivity index (χ1n) is 8.53. The lowest BCUT2D eigenvalue weighted by molar-refractivity contribution is 0.738. The molecule has 1 rings (SSSR count). The highest BCUT2D eigenvalue weighted by molar-refractivity contribution is 5.88. The molecule has 1 nitrogen and oxygen atoms in total. The molecular formula is C20H31N. The van der Waals surface area contributed by atoms with Crippen LogP contribution in [-0.4, -0.2) is 5.71 Å². The fourth-order valence-electron chi connectivity index (χ4n) is 2.39. The summed E-state index contributed by atoms with van der Waals surface area (Å²) in [6.07, 6.45) is 12.1. The molecule has 0 spiro atoms. The highest BCUT2D eigenvalue weighted by atomic mass is 14.7. The van der Waals surface area contributed by atoms with Crippen molar-refractivity contribution in [3.8, 4) is 0 Å². The van der Waals surface area contributed by atoms with E-state index in [0.29, 0.717) is 0 Å². The van der Waals surface area contributed by atoms with Crippen molar-refractivity contribution in [3.05, 3.63) is 42.0 Å². The van der Waals surface area contributed by atoms with Crippen LogP contribution in [0.2, 0.25) is 0 Å².